The molecule has 0 saturated carbocycles. The van der Waals surface area contributed by atoms with E-state index in [4.69, 9.17) is 12.2 Å². The maximum absolute atomic E-state index is 12.5. The lowest BCUT2D eigenvalue weighted by Crippen LogP contribution is -2.62. The lowest BCUT2D eigenvalue weighted by atomic mass is 9.77. The predicted molar refractivity (Wildman–Crippen MR) is 171 cm³/mol. The number of aromatic amines is 1. The van der Waals surface area contributed by atoms with E-state index in [-0.39, 0.29) is 22.7 Å². The van der Waals surface area contributed by atoms with Gasteiger partial charge in [-0.05, 0) is 107 Å². The zero-order valence-corrected chi connectivity index (χ0v) is 26.2. The average Bonchev–Trinajstić information content (AvgIpc) is 3.55. The second kappa shape index (κ2) is 13.3. The van der Waals surface area contributed by atoms with E-state index < -0.39 is 15.3 Å². The van der Waals surface area contributed by atoms with Crippen molar-refractivity contribution in [1.82, 2.24) is 20.5 Å². The van der Waals surface area contributed by atoms with Crippen LogP contribution in [0.5, 0.6) is 0 Å². The largest absolute Gasteiger partial charge is 0.361 e. The number of allylic oxidation sites excluding steroid dienone is 1. The van der Waals surface area contributed by atoms with E-state index in [1.165, 1.54) is 30.3 Å². The van der Waals surface area contributed by atoms with Crippen molar-refractivity contribution in [2.24, 2.45) is 5.41 Å². The Hall–Kier alpha value is -3.34. The van der Waals surface area contributed by atoms with Gasteiger partial charge in [-0.25, -0.2) is 8.42 Å². The first-order valence-corrected chi connectivity index (χ1v) is 16.4. The van der Waals surface area contributed by atoms with Crippen molar-refractivity contribution in [3.63, 3.8) is 0 Å². The molecule has 0 radical (unpaired) electrons. The molecular formula is C32H40N4O4S2. The summed E-state index contributed by atoms with van der Waals surface area (Å²) in [5.74, 6) is -0.531. The molecule has 0 bridgehead atoms. The van der Waals surface area contributed by atoms with Crippen molar-refractivity contribution in [3.8, 4) is 0 Å². The Morgan fingerprint density at radius 2 is 1.81 bits per heavy atom. The number of sulfone groups is 1. The third kappa shape index (κ3) is 7.17. The third-order valence-corrected chi connectivity index (χ3v) is 10.2. The predicted octanol–water partition coefficient (Wildman–Crippen LogP) is 4.70. The van der Waals surface area contributed by atoms with E-state index in [2.05, 4.69) is 52.5 Å². The van der Waals surface area contributed by atoms with Crippen molar-refractivity contribution >= 4 is 49.9 Å². The minimum Gasteiger partial charge on any atom is -0.361 e. The van der Waals surface area contributed by atoms with Gasteiger partial charge in [-0.2, -0.15) is 0 Å². The van der Waals surface area contributed by atoms with Gasteiger partial charge in [0.05, 0.1) is 10.6 Å². The van der Waals surface area contributed by atoms with Crippen LogP contribution >= 0.6 is 12.2 Å². The molecule has 0 spiro atoms. The quantitative estimate of drug-likeness (QED) is 0.185. The van der Waals surface area contributed by atoms with Gasteiger partial charge in [0.1, 0.15) is 5.41 Å². The van der Waals surface area contributed by atoms with Crippen molar-refractivity contribution in [2.75, 3.05) is 19.3 Å². The van der Waals surface area contributed by atoms with E-state index in [1.54, 1.807) is 38.1 Å². The first kappa shape index (κ1) is 31.6. The summed E-state index contributed by atoms with van der Waals surface area (Å²) in [5, 5.41) is 6.26. The Morgan fingerprint density at radius 3 is 2.40 bits per heavy atom. The molecule has 2 aromatic carbocycles. The molecule has 2 saturated heterocycles. The summed E-state index contributed by atoms with van der Waals surface area (Å²) >= 11 is 4.74. The summed E-state index contributed by atoms with van der Waals surface area (Å²) in [6.07, 6.45) is 6.99. The van der Waals surface area contributed by atoms with Crippen molar-refractivity contribution in [3.05, 3.63) is 78.0 Å². The van der Waals surface area contributed by atoms with Gasteiger partial charge in [0.15, 0.2) is 14.9 Å². The molecule has 2 fully saturated rings. The van der Waals surface area contributed by atoms with Crippen LogP contribution in [0.15, 0.2) is 71.8 Å². The molecule has 42 heavy (non-hydrogen) atoms. The Labute approximate surface area is 253 Å². The second-order valence-electron chi connectivity index (χ2n) is 11.4. The zero-order chi connectivity index (χ0) is 30.5. The number of amides is 2. The van der Waals surface area contributed by atoms with Gasteiger partial charge < -0.3 is 20.5 Å². The zero-order valence-electron chi connectivity index (χ0n) is 24.5. The molecule has 10 heteroatoms. The number of thiocarbonyl (C=S) groups is 1. The van der Waals surface area contributed by atoms with Gasteiger partial charge in [-0.1, -0.05) is 36.8 Å². The minimum absolute atomic E-state index is 0.0794. The summed E-state index contributed by atoms with van der Waals surface area (Å²) in [6.45, 7) is 8.51. The number of fused-ring (bicyclic) bond motifs is 1. The highest BCUT2D eigenvalue weighted by molar-refractivity contribution is 7.91. The van der Waals surface area contributed by atoms with Crippen molar-refractivity contribution in [2.45, 2.75) is 63.3 Å². The molecule has 0 aliphatic carbocycles. The number of nitrogens with one attached hydrogen (secondary N) is 3. The van der Waals surface area contributed by atoms with Gasteiger partial charge in [-0.3, -0.25) is 9.59 Å². The molecule has 224 valence electrons. The molecule has 1 atom stereocenters. The maximum atomic E-state index is 12.5. The van der Waals surface area contributed by atoms with Gasteiger partial charge in [0.2, 0.25) is 11.8 Å². The third-order valence-electron chi connectivity index (χ3n) is 8.25. The molecule has 3 N–H and O–H groups in total. The van der Waals surface area contributed by atoms with Gasteiger partial charge in [0, 0.05) is 23.1 Å². The molecule has 3 aromatic rings. The number of likely N-dealkylation sites (tertiary alicyclic amines) is 1. The fraction of sp³-hybridized carbons (Fsp3) is 0.406. The summed E-state index contributed by atoms with van der Waals surface area (Å²) in [4.78, 5) is 29.8. The number of H-pyrrole nitrogens is 1. The van der Waals surface area contributed by atoms with Crippen LogP contribution in [0.1, 0.15) is 50.7 Å². The smallest absolute Gasteiger partial charge is 0.242 e. The normalized spacial score (nSPS) is 18.7. The van der Waals surface area contributed by atoms with Crippen LogP contribution in [0.25, 0.3) is 10.9 Å². The fourth-order valence-corrected chi connectivity index (χ4v) is 7.24. The summed E-state index contributed by atoms with van der Waals surface area (Å²) in [7, 11) is -1.05. The monoisotopic (exact) mass is 608 g/mol. The van der Waals surface area contributed by atoms with Gasteiger partial charge >= 0.3 is 0 Å². The van der Waals surface area contributed by atoms with Crippen LogP contribution in [-0.2, 0) is 32.3 Å². The number of aromatic nitrogens is 1. The summed E-state index contributed by atoms with van der Waals surface area (Å²) in [6, 6.07) is 15.6. The molecule has 2 amide bonds. The molecule has 1 aromatic heterocycles. The highest BCUT2D eigenvalue weighted by Gasteiger charge is 2.47. The van der Waals surface area contributed by atoms with Crippen LogP contribution in [0.3, 0.4) is 0 Å². The molecule has 2 aliphatic heterocycles. The summed E-state index contributed by atoms with van der Waals surface area (Å²) in [5.41, 5.74) is 3.28. The van der Waals surface area contributed by atoms with Crippen LogP contribution in [-0.4, -0.2) is 60.6 Å². The van der Waals surface area contributed by atoms with Crippen LogP contribution < -0.4 is 10.6 Å². The number of aryl methyl sites for hydroxylation is 1. The minimum atomic E-state index is -3.25. The molecule has 0 unspecified atom stereocenters. The molecule has 3 heterocycles. The van der Waals surface area contributed by atoms with Gasteiger partial charge in [0.25, 0.3) is 0 Å². The Morgan fingerprint density at radius 1 is 1.12 bits per heavy atom. The first-order valence-electron chi connectivity index (χ1n) is 14.3. The molecule has 8 nitrogen and oxygen atoms in total. The van der Waals surface area contributed by atoms with Crippen LogP contribution in [0, 0.1) is 5.41 Å². The highest BCUT2D eigenvalue weighted by Crippen LogP contribution is 2.32. The summed E-state index contributed by atoms with van der Waals surface area (Å²) < 4.78 is 25.1. The Kier molecular flexibility index (Phi) is 10.0. The number of carbonyl (C=O) groups is 2. The number of carbonyl (C=O) groups excluding carboxylic acids is 2. The van der Waals surface area contributed by atoms with E-state index in [9.17, 15) is 18.0 Å². The van der Waals surface area contributed by atoms with E-state index in [0.717, 1.165) is 23.1 Å². The van der Waals surface area contributed by atoms with Crippen LogP contribution in [0.2, 0.25) is 0 Å². The first-order chi connectivity index (χ1) is 19.9. The highest BCUT2D eigenvalue weighted by atomic mass is 32.2. The molecular weight excluding hydrogens is 569 g/mol. The second-order valence-corrected chi connectivity index (χ2v) is 13.9. The fourth-order valence-electron chi connectivity index (χ4n) is 5.74. The number of hydrogen-bond acceptors (Lipinski definition) is 6. The number of rotatable bonds is 9. The molecule has 5 rings (SSSR count). The SMILES string of the molecule is C=C(C)CC1(CC)C(=O)NC(=S)NC1=O.CN1CCC[C@@H]1Cc1c[nH]c2ccc(CCS(=O)(=O)c3ccccc3)cc12. The van der Waals surface area contributed by atoms with Crippen molar-refractivity contribution in [1.29, 1.82) is 0 Å². The van der Waals surface area contributed by atoms with Crippen molar-refractivity contribution < 1.29 is 18.0 Å². The number of benzene rings is 2. The van der Waals surface area contributed by atoms with E-state index >= 15 is 0 Å². The topological polar surface area (TPSA) is 111 Å². The Bertz CT molecular complexity index is 1560. The van der Waals surface area contributed by atoms with Gasteiger partial charge in [-0.15, -0.1) is 6.58 Å². The number of nitrogens with zero attached hydrogens (tertiary/aromatic N) is 1. The Balaban J connectivity index is 0.000000230. The van der Waals surface area contributed by atoms with Crippen LogP contribution in [0.4, 0.5) is 0 Å². The average molecular weight is 609 g/mol. The maximum Gasteiger partial charge on any atom is 0.242 e. The van der Waals surface area contributed by atoms with E-state index in [1.807, 2.05) is 12.1 Å². The number of likely N-dealkylation sites (N-methyl/N-ethyl adjacent to an activating group) is 1. The standard InChI is InChI=1S/C22H26N2O2S.C10H14N2O2S/c1-24-12-5-6-19(24)15-18-16-23-22-10-9-17(14-21(18)22)11-13-27(25,26)20-7-3-2-4-8-20;1-4-10(5-6(2)3)7(13)11-9(15)12-8(10)14/h2-4,7-10,14,16,19,23H,5-6,11-13,15H2,1H3;2,4-5H2,1,3H3,(H2,11,12,13,14,15)/t19-;/m1./s1. The van der Waals surface area contributed by atoms with E-state index in [0.29, 0.717) is 30.2 Å². The number of hydrogen-bond donors (Lipinski definition) is 3. The molecule has 2 aliphatic rings. The lowest BCUT2D eigenvalue weighted by molar-refractivity contribution is -0.143. The lowest BCUT2D eigenvalue weighted by Gasteiger charge is -2.34.